The fourth-order valence-electron chi connectivity index (χ4n) is 8.52. The first-order valence-electron chi connectivity index (χ1n) is 30.0. The van der Waals surface area contributed by atoms with Crippen molar-refractivity contribution in [1.29, 1.82) is 0 Å². The van der Waals surface area contributed by atoms with Crippen LogP contribution in [0.3, 0.4) is 0 Å². The lowest BCUT2D eigenvalue weighted by atomic mass is 9.92. The third-order valence-electron chi connectivity index (χ3n) is 12.4. The number of piperidine rings is 3. The van der Waals surface area contributed by atoms with Gasteiger partial charge in [0.2, 0.25) is 0 Å². The van der Waals surface area contributed by atoms with Gasteiger partial charge in [0.25, 0.3) is 19.5 Å². The Morgan fingerprint density at radius 3 is 1.38 bits per heavy atom. The summed E-state index contributed by atoms with van der Waals surface area (Å²) in [5.74, 6) is -5.61. The van der Waals surface area contributed by atoms with E-state index < -0.39 is 86.7 Å². The van der Waals surface area contributed by atoms with Gasteiger partial charge in [-0.1, -0.05) is 20.6 Å². The Bertz CT molecular complexity index is 3650. The zero-order valence-corrected chi connectivity index (χ0v) is 38.1. The maximum atomic E-state index is 12.5. The number of anilines is 3. The third-order valence-corrected chi connectivity index (χ3v) is 12.4. The standard InChI is InChI=1S/3C16H20N6O/c3*1-11-5-7-22(14(23)8-17-2)9-13(11)21(3)16-12-4-6-18-15(12)19-10-20-16/h3*4,6,10-11,13H,5,7-9H2,1,3H3,(H,18,19,20)/t3*11-,13+/m111/s1/i1D3,8D2,10D,11D;8D2,10D,11D;1D3,8D2,10D. The second-order valence-electron chi connectivity index (χ2n) is 16.3. The Kier molecular flexibility index (Phi) is 10.1. The highest BCUT2D eigenvalue weighted by Gasteiger charge is 2.36. The number of hydrogen-bond acceptors (Lipinski definition) is 12. The molecule has 0 bridgehead atoms. The van der Waals surface area contributed by atoms with Crippen molar-refractivity contribution in [3.05, 3.63) is 90.0 Å². The van der Waals surface area contributed by atoms with Crippen LogP contribution in [0, 0.1) is 37.4 Å². The predicted octanol–water partition coefficient (Wildman–Crippen LogP) is 4.65. The molecule has 6 atom stereocenters. The molecule has 0 unspecified atom stereocenters. The van der Waals surface area contributed by atoms with E-state index in [4.69, 9.17) is 43.0 Å². The number of nitrogens with zero attached hydrogens (tertiary/aromatic N) is 15. The summed E-state index contributed by atoms with van der Waals surface area (Å²) in [6, 6.07) is 2.85. The molecule has 0 spiro atoms. The molecule has 3 saturated heterocycles. The summed E-state index contributed by atoms with van der Waals surface area (Å²) in [5.41, 5.74) is 1.32. The van der Waals surface area contributed by atoms with E-state index in [9.17, 15) is 14.4 Å². The summed E-state index contributed by atoms with van der Waals surface area (Å²) in [6.07, 6.45) is 4.44. The number of aromatic nitrogens is 9. The van der Waals surface area contributed by atoms with Crippen molar-refractivity contribution >= 4 is 68.3 Å². The van der Waals surface area contributed by atoms with Crippen LogP contribution in [0.2, 0.25) is 0 Å². The van der Waals surface area contributed by atoms with E-state index >= 15 is 0 Å². The molecular formula is C48H60N18O3. The molecule has 3 N–H and O–H groups in total. The van der Waals surface area contributed by atoms with E-state index in [1.54, 1.807) is 67.6 Å². The minimum atomic E-state index is -2.78. The van der Waals surface area contributed by atoms with Crippen LogP contribution in [-0.4, -0.2) is 175 Å². The summed E-state index contributed by atoms with van der Waals surface area (Å²) >= 11 is 0. The summed E-state index contributed by atoms with van der Waals surface area (Å²) < 4.78 is 134. The number of H-pyrrole nitrogens is 3. The SMILES string of the molecule is [2H]c1nc(N(C)[C@H]2CN(C(=O)C([2H])([2H])[N+]#[C-])CC[C@@]2([2H])C([2H])([2H])[2H])c2cc[nH]c2n1.[2H]c1nc(N(C)[C@H]2CN(C(=O)C([2H])([2H])[N+]#[C-])CC[C@@]2([2H])C)c2cc[nH]c2n1.[2H]c1nc(N(C)[C@H]2CN(C(=O)C([2H])([2H])[N+]#[C-])CC[C@H]2C([2H])([2H])[2H])c2cc[nH]c2n1. The fourth-order valence-corrected chi connectivity index (χ4v) is 8.52. The van der Waals surface area contributed by atoms with Gasteiger partial charge in [-0.25, -0.2) is 49.6 Å². The molecule has 3 aliphatic heterocycles. The normalized spacial score (nSPS) is 27.9. The number of likely N-dealkylation sites (N-methyl/N-ethyl adjacent to an activating group) is 3. The summed E-state index contributed by atoms with van der Waals surface area (Å²) in [4.78, 5) is 87.1. The quantitative estimate of drug-likeness (QED) is 0.169. The van der Waals surface area contributed by atoms with Crippen molar-refractivity contribution in [2.24, 2.45) is 17.7 Å². The van der Waals surface area contributed by atoms with Gasteiger partial charge in [0.15, 0.2) is 0 Å². The third kappa shape index (κ3) is 11.0. The molecule has 9 heterocycles. The molecule has 6 aromatic rings. The highest BCUT2D eigenvalue weighted by atomic mass is 16.2. The van der Waals surface area contributed by atoms with E-state index in [-0.39, 0.29) is 76.8 Å². The summed E-state index contributed by atoms with van der Waals surface area (Å²) in [5, 5.41) is 1.82. The number of carbonyl (C=O) groups is 3. The summed E-state index contributed by atoms with van der Waals surface area (Å²) in [7, 11) is 4.89. The molecule has 3 fully saturated rings. The zero-order valence-electron chi connectivity index (χ0n) is 55.1. The van der Waals surface area contributed by atoms with Crippen molar-refractivity contribution in [3.63, 3.8) is 0 Å². The van der Waals surface area contributed by atoms with Crippen molar-refractivity contribution in [1.82, 2.24) is 59.6 Å². The molecule has 0 aliphatic carbocycles. The van der Waals surface area contributed by atoms with Crippen molar-refractivity contribution in [2.75, 3.05) is 94.6 Å². The molecule has 0 saturated carbocycles. The molecule has 3 aliphatic rings. The first-order valence-corrected chi connectivity index (χ1v) is 21.5. The smallest absolute Gasteiger partial charge is 0.302 e. The van der Waals surface area contributed by atoms with Crippen molar-refractivity contribution in [2.45, 2.75) is 58.0 Å². The minimum Gasteiger partial charge on any atom is -0.354 e. The van der Waals surface area contributed by atoms with Crippen LogP contribution in [0.1, 0.15) is 63.2 Å². The molecule has 0 radical (unpaired) electrons. The first kappa shape index (κ1) is 31.2. The number of aromatic amines is 3. The van der Waals surface area contributed by atoms with Gasteiger partial charge in [-0.3, -0.25) is 14.4 Å². The monoisotopic (exact) mass is 954 g/mol. The molecule has 69 heavy (non-hydrogen) atoms. The lowest BCUT2D eigenvalue weighted by molar-refractivity contribution is -0.131. The minimum absolute atomic E-state index is 0.0499. The largest absolute Gasteiger partial charge is 0.354 e. The molecule has 21 heteroatoms. The van der Waals surface area contributed by atoms with E-state index in [2.05, 4.69) is 59.4 Å². The maximum absolute atomic E-state index is 12.5. The van der Waals surface area contributed by atoms with Crippen molar-refractivity contribution in [3.8, 4) is 0 Å². The number of fused-ring (bicyclic) bond motifs is 3. The number of nitrogens with one attached hydrogen (secondary N) is 3. The van der Waals surface area contributed by atoms with Gasteiger partial charge in [0.05, 0.1) is 34.3 Å². The van der Waals surface area contributed by atoms with E-state index in [1.165, 1.54) is 21.7 Å². The highest BCUT2D eigenvalue weighted by Crippen LogP contribution is 2.31. The topological polar surface area (TPSA) is 208 Å². The number of carbonyl (C=O) groups excluding carboxylic acids is 3. The number of amides is 3. The molecule has 360 valence electrons. The van der Waals surface area contributed by atoms with Gasteiger partial charge in [-0.15, -0.1) is 0 Å². The van der Waals surface area contributed by atoms with Crippen LogP contribution in [-0.2, 0) is 14.4 Å². The van der Waals surface area contributed by atoms with Crippen LogP contribution < -0.4 is 14.7 Å². The lowest BCUT2D eigenvalue weighted by Crippen LogP contribution is -2.53. The Labute approximate surface area is 425 Å². The number of rotatable bonds is 9. The number of likely N-dealkylation sites (tertiary alicyclic amines) is 3. The number of hydrogen-bond donors (Lipinski definition) is 3. The average molecular weight is 954 g/mol. The van der Waals surface area contributed by atoms with Crippen LogP contribution in [0.4, 0.5) is 17.5 Å². The first-order chi connectivity index (χ1) is 39.8. The van der Waals surface area contributed by atoms with Crippen LogP contribution >= 0.6 is 0 Å². The molecule has 3 amide bonds. The Hall–Kier alpha value is -7.86. The van der Waals surface area contributed by atoms with Crippen molar-refractivity contribution < 1.29 is 37.7 Å². The Balaban J connectivity index is 0.000000185. The molecule has 0 aromatic carbocycles. The molecule has 21 nitrogen and oxygen atoms in total. The Morgan fingerprint density at radius 2 is 0.986 bits per heavy atom. The molecular weight excluding hydrogens is 877 g/mol. The van der Waals surface area contributed by atoms with Crippen LogP contribution in [0.5, 0.6) is 0 Å². The van der Waals surface area contributed by atoms with Crippen LogP contribution in [0.15, 0.2) is 55.7 Å². The van der Waals surface area contributed by atoms with Gasteiger partial charge in [0, 0.05) is 90.0 Å². The molecule has 9 rings (SSSR count). The second kappa shape index (κ2) is 22.3. The average Bonchev–Trinajstić information content (AvgIpc) is 1.07. The summed E-state index contributed by atoms with van der Waals surface area (Å²) in [6.45, 7) is 9.26. The fraction of sp³-hybridized carbons (Fsp3) is 0.500. The lowest BCUT2D eigenvalue weighted by Gasteiger charge is -2.41. The Morgan fingerprint density at radius 1 is 0.623 bits per heavy atom. The maximum Gasteiger partial charge on any atom is 0.302 e. The van der Waals surface area contributed by atoms with Gasteiger partial charge in [-0.05, 0) is 55.2 Å². The van der Waals surface area contributed by atoms with Gasteiger partial charge < -0.3 is 58.9 Å². The highest BCUT2D eigenvalue weighted by molar-refractivity contribution is 5.89. The van der Waals surface area contributed by atoms with Gasteiger partial charge in [-0.2, -0.15) is 0 Å². The van der Waals surface area contributed by atoms with E-state index in [0.29, 0.717) is 51.2 Å². The van der Waals surface area contributed by atoms with E-state index in [1.807, 2.05) is 0 Å². The van der Waals surface area contributed by atoms with Gasteiger partial charge >= 0.3 is 17.7 Å². The van der Waals surface area contributed by atoms with Crippen LogP contribution in [0.25, 0.3) is 47.6 Å². The second-order valence-corrected chi connectivity index (χ2v) is 16.3. The molecule has 6 aromatic heterocycles. The van der Waals surface area contributed by atoms with Gasteiger partial charge in [0.1, 0.15) is 65.6 Å². The van der Waals surface area contributed by atoms with E-state index in [0.717, 1.165) is 4.90 Å². The predicted molar refractivity (Wildman–Crippen MR) is 264 cm³/mol. The zero-order chi connectivity index (χ0) is 64.0.